The van der Waals surface area contributed by atoms with E-state index in [9.17, 15) is 9.46 Å². The van der Waals surface area contributed by atoms with Crippen molar-refractivity contribution in [3.05, 3.63) is 0 Å². The molecule has 0 amide bonds. The summed E-state index contributed by atoms with van der Waals surface area (Å²) >= 11 is 0. The summed E-state index contributed by atoms with van der Waals surface area (Å²) in [4.78, 5) is 9.18. The average Bonchev–Trinajstić information content (AvgIpc) is 2.13. The number of phosphoric ester groups is 1. The molecule has 8 nitrogen and oxygen atoms in total. The van der Waals surface area contributed by atoms with E-state index in [1.807, 2.05) is 21.1 Å². The van der Waals surface area contributed by atoms with Crippen molar-refractivity contribution in [1.82, 2.24) is 0 Å². The Labute approximate surface area is 100 Å². The molecule has 0 radical (unpaired) electrons. The number of nitrogens with zero attached hydrogens (tertiary/aromatic N) is 1. The lowest BCUT2D eigenvalue weighted by Gasteiger charge is -2.24. The van der Waals surface area contributed by atoms with Gasteiger partial charge in [0.25, 0.3) is 0 Å². The van der Waals surface area contributed by atoms with E-state index >= 15 is 0 Å². The SMILES string of the molecule is C[N+](C)(C)CCOP(=O)(O)OC(O)[C@@H](O)CO. The summed E-state index contributed by atoms with van der Waals surface area (Å²) in [5, 5.41) is 26.5. The molecular formula is C8H21NO7P+. The molecule has 3 atom stereocenters. The second-order valence-corrected chi connectivity index (χ2v) is 5.97. The topological polar surface area (TPSA) is 116 Å². The van der Waals surface area contributed by atoms with Crippen LogP contribution >= 0.6 is 7.82 Å². The van der Waals surface area contributed by atoms with Gasteiger partial charge in [-0.05, 0) is 0 Å². The Morgan fingerprint density at radius 3 is 2.24 bits per heavy atom. The molecule has 0 saturated carbocycles. The first-order valence-electron chi connectivity index (χ1n) is 5.00. The molecule has 0 heterocycles. The highest BCUT2D eigenvalue weighted by Crippen LogP contribution is 2.44. The van der Waals surface area contributed by atoms with Gasteiger partial charge in [0, 0.05) is 0 Å². The number of phosphoric acid groups is 1. The Morgan fingerprint density at radius 2 is 1.82 bits per heavy atom. The zero-order chi connectivity index (χ0) is 13.7. The van der Waals surface area contributed by atoms with Gasteiger partial charge >= 0.3 is 7.82 Å². The number of aliphatic hydroxyl groups excluding tert-OH is 3. The van der Waals surface area contributed by atoms with Crippen molar-refractivity contribution in [3.8, 4) is 0 Å². The van der Waals surface area contributed by atoms with Gasteiger partial charge in [0.2, 0.25) is 0 Å². The number of aliphatic hydroxyl groups is 3. The molecule has 2 unspecified atom stereocenters. The largest absolute Gasteiger partial charge is 0.474 e. The zero-order valence-corrected chi connectivity index (χ0v) is 11.1. The molecule has 9 heteroatoms. The lowest BCUT2D eigenvalue weighted by atomic mass is 10.4. The van der Waals surface area contributed by atoms with Crippen LogP contribution in [0.1, 0.15) is 0 Å². The second kappa shape index (κ2) is 6.77. The van der Waals surface area contributed by atoms with Crippen LogP contribution in [0.5, 0.6) is 0 Å². The lowest BCUT2D eigenvalue weighted by molar-refractivity contribution is -0.870. The van der Waals surface area contributed by atoms with Crippen LogP contribution in [-0.4, -0.2) is 78.0 Å². The second-order valence-electron chi connectivity index (χ2n) is 4.56. The molecule has 104 valence electrons. The van der Waals surface area contributed by atoms with E-state index in [-0.39, 0.29) is 6.61 Å². The van der Waals surface area contributed by atoms with Gasteiger partial charge in [-0.25, -0.2) is 4.57 Å². The van der Waals surface area contributed by atoms with Crippen molar-refractivity contribution >= 4 is 7.82 Å². The first-order valence-corrected chi connectivity index (χ1v) is 6.50. The van der Waals surface area contributed by atoms with E-state index in [0.717, 1.165) is 0 Å². The van der Waals surface area contributed by atoms with Gasteiger partial charge in [-0.1, -0.05) is 0 Å². The third kappa shape index (κ3) is 8.64. The van der Waals surface area contributed by atoms with Crippen LogP contribution in [-0.2, 0) is 13.6 Å². The first kappa shape index (κ1) is 16.9. The number of quaternary nitrogens is 1. The highest BCUT2D eigenvalue weighted by atomic mass is 31.2. The molecular weight excluding hydrogens is 253 g/mol. The van der Waals surface area contributed by atoms with Crippen LogP contribution in [0.2, 0.25) is 0 Å². The van der Waals surface area contributed by atoms with Gasteiger partial charge in [0.15, 0.2) is 6.29 Å². The quantitative estimate of drug-likeness (QED) is 0.242. The van der Waals surface area contributed by atoms with E-state index in [0.29, 0.717) is 11.0 Å². The molecule has 0 spiro atoms. The van der Waals surface area contributed by atoms with Crippen LogP contribution in [0, 0.1) is 0 Å². The number of rotatable bonds is 8. The van der Waals surface area contributed by atoms with Crippen molar-refractivity contribution in [2.75, 3.05) is 40.9 Å². The van der Waals surface area contributed by atoms with Crippen LogP contribution in [0.4, 0.5) is 0 Å². The summed E-state index contributed by atoms with van der Waals surface area (Å²) in [6, 6.07) is 0. The minimum atomic E-state index is -4.43. The fraction of sp³-hybridized carbons (Fsp3) is 1.00. The number of likely N-dealkylation sites (N-methyl/N-ethyl adjacent to an activating group) is 1. The first-order chi connectivity index (χ1) is 7.57. The third-order valence-corrected chi connectivity index (χ3v) is 2.77. The van der Waals surface area contributed by atoms with Crippen LogP contribution in [0.15, 0.2) is 0 Å². The molecule has 0 bridgehead atoms. The Balaban J connectivity index is 4.08. The fourth-order valence-electron chi connectivity index (χ4n) is 0.757. The molecule has 0 aromatic carbocycles. The van der Waals surface area contributed by atoms with Crippen LogP contribution in [0.3, 0.4) is 0 Å². The molecule has 0 aliphatic carbocycles. The smallest absolute Gasteiger partial charge is 0.393 e. The molecule has 17 heavy (non-hydrogen) atoms. The van der Waals surface area contributed by atoms with Gasteiger partial charge in [0.05, 0.1) is 27.7 Å². The highest BCUT2D eigenvalue weighted by molar-refractivity contribution is 7.47. The van der Waals surface area contributed by atoms with Gasteiger partial charge in [0.1, 0.15) is 19.3 Å². The number of hydrogen-bond acceptors (Lipinski definition) is 6. The molecule has 0 aromatic heterocycles. The Kier molecular flexibility index (Phi) is 6.75. The van der Waals surface area contributed by atoms with E-state index in [4.69, 9.17) is 15.3 Å². The number of hydrogen-bond donors (Lipinski definition) is 4. The lowest BCUT2D eigenvalue weighted by Crippen LogP contribution is -2.37. The maximum atomic E-state index is 11.3. The summed E-state index contributed by atoms with van der Waals surface area (Å²) in [6.45, 7) is -0.369. The predicted molar refractivity (Wildman–Crippen MR) is 58.9 cm³/mol. The summed E-state index contributed by atoms with van der Waals surface area (Å²) in [5.41, 5.74) is 0. The summed E-state index contributed by atoms with van der Waals surface area (Å²) in [7, 11) is 1.18. The predicted octanol–water partition coefficient (Wildman–Crippen LogP) is -1.50. The van der Waals surface area contributed by atoms with E-state index in [1.54, 1.807) is 0 Å². The van der Waals surface area contributed by atoms with Crippen LogP contribution < -0.4 is 0 Å². The van der Waals surface area contributed by atoms with Crippen molar-refractivity contribution in [2.45, 2.75) is 12.4 Å². The molecule has 0 fully saturated rings. The Morgan fingerprint density at radius 1 is 1.29 bits per heavy atom. The minimum Gasteiger partial charge on any atom is -0.393 e. The maximum Gasteiger partial charge on any atom is 0.474 e. The maximum absolute atomic E-state index is 11.3. The van der Waals surface area contributed by atoms with E-state index < -0.39 is 26.8 Å². The van der Waals surface area contributed by atoms with Crippen molar-refractivity contribution in [2.24, 2.45) is 0 Å². The van der Waals surface area contributed by atoms with E-state index in [1.165, 1.54) is 0 Å². The van der Waals surface area contributed by atoms with Crippen molar-refractivity contribution < 1.29 is 38.3 Å². The van der Waals surface area contributed by atoms with Gasteiger partial charge in [-0.15, -0.1) is 0 Å². The summed E-state index contributed by atoms with van der Waals surface area (Å²) in [5.74, 6) is 0. The summed E-state index contributed by atoms with van der Waals surface area (Å²) < 4.78 is 20.6. The highest BCUT2D eigenvalue weighted by Gasteiger charge is 2.29. The standard InChI is InChI=1S/C8H20NO7P/c1-9(2,3)4-5-15-17(13,14)16-8(12)7(11)6-10/h7-8,10-12H,4-6H2,1-3H3/p+1/t7-,8?/m0/s1. The molecule has 0 aromatic rings. The normalized spacial score (nSPS) is 19.7. The van der Waals surface area contributed by atoms with Crippen molar-refractivity contribution in [3.63, 3.8) is 0 Å². The Bertz CT molecular complexity index is 267. The molecule has 0 rings (SSSR count). The van der Waals surface area contributed by atoms with Crippen molar-refractivity contribution in [1.29, 1.82) is 0 Å². The van der Waals surface area contributed by atoms with Gasteiger partial charge in [-0.3, -0.25) is 9.05 Å². The molecule has 0 saturated heterocycles. The monoisotopic (exact) mass is 274 g/mol. The fourth-order valence-corrected chi connectivity index (χ4v) is 1.54. The van der Waals surface area contributed by atoms with E-state index in [2.05, 4.69) is 9.05 Å². The van der Waals surface area contributed by atoms with Gasteiger partial charge < -0.3 is 24.7 Å². The molecule has 0 aliphatic rings. The molecule has 4 N–H and O–H groups in total. The zero-order valence-electron chi connectivity index (χ0n) is 10.2. The Hall–Kier alpha value is -0.0500. The van der Waals surface area contributed by atoms with Crippen LogP contribution in [0.25, 0.3) is 0 Å². The molecule has 0 aliphatic heterocycles. The minimum absolute atomic E-state index is 0.0424. The summed E-state index contributed by atoms with van der Waals surface area (Å²) in [6.07, 6.45) is -3.63. The third-order valence-electron chi connectivity index (χ3n) is 1.77. The van der Waals surface area contributed by atoms with Gasteiger partial charge in [-0.2, -0.15) is 0 Å². The average molecular weight is 274 g/mol.